The molecule has 2 aliphatic carbocycles. The van der Waals surface area contributed by atoms with E-state index in [0.29, 0.717) is 5.92 Å². The van der Waals surface area contributed by atoms with E-state index < -0.39 is 0 Å². The lowest BCUT2D eigenvalue weighted by atomic mass is 9.64. The van der Waals surface area contributed by atoms with Gasteiger partial charge in [-0.05, 0) is 30.4 Å². The molecule has 2 atom stereocenters. The second kappa shape index (κ2) is 5.41. The molecule has 20 heavy (non-hydrogen) atoms. The van der Waals surface area contributed by atoms with Crippen molar-refractivity contribution >= 4 is 6.08 Å². The normalized spacial score (nSPS) is 22.7. The highest BCUT2D eigenvalue weighted by molar-refractivity contribution is 5.64. The van der Waals surface area contributed by atoms with Crippen LogP contribution in [0.25, 0.3) is 6.08 Å². The van der Waals surface area contributed by atoms with Gasteiger partial charge in [-0.15, -0.1) is 0 Å². The number of hydrogen-bond donors (Lipinski definition) is 1. The topological polar surface area (TPSA) is 20.2 Å². The smallest absolute Gasteiger partial charge is 0.0439 e. The van der Waals surface area contributed by atoms with E-state index in [0.717, 1.165) is 19.3 Å². The van der Waals surface area contributed by atoms with E-state index in [9.17, 15) is 5.11 Å². The molecular weight excluding hydrogens is 244 g/mol. The summed E-state index contributed by atoms with van der Waals surface area (Å²) in [6, 6.07) is 8.65. The van der Waals surface area contributed by atoms with Crippen molar-refractivity contribution in [1.29, 1.82) is 0 Å². The molecule has 2 unspecified atom stereocenters. The van der Waals surface area contributed by atoms with Crippen LogP contribution in [0.3, 0.4) is 0 Å². The van der Waals surface area contributed by atoms with E-state index in [1.54, 1.807) is 0 Å². The highest BCUT2D eigenvalue weighted by atomic mass is 16.3. The van der Waals surface area contributed by atoms with Gasteiger partial charge in [-0.25, -0.2) is 0 Å². The molecule has 1 N–H and O–H groups in total. The molecule has 1 aromatic rings. The quantitative estimate of drug-likeness (QED) is 0.834. The molecule has 0 aliphatic heterocycles. The second-order valence-electron chi connectivity index (χ2n) is 5.77. The van der Waals surface area contributed by atoms with E-state index in [-0.39, 0.29) is 12.0 Å². The molecule has 2 aliphatic rings. The number of allylic oxidation sites excluding steroid dienone is 5. The third-order valence-electron chi connectivity index (χ3n) is 4.99. The predicted molar refractivity (Wildman–Crippen MR) is 84.5 cm³/mol. The molecule has 104 valence electrons. The number of rotatable bonds is 5. The lowest BCUT2D eigenvalue weighted by molar-refractivity contribution is 0.189. The van der Waals surface area contributed by atoms with Crippen molar-refractivity contribution in [2.75, 3.05) is 6.61 Å². The molecule has 0 radical (unpaired) electrons. The zero-order valence-electron chi connectivity index (χ0n) is 12.0. The molecule has 0 amide bonds. The summed E-state index contributed by atoms with van der Waals surface area (Å²) in [6.45, 7) is 2.50. The molecule has 0 saturated carbocycles. The maximum atomic E-state index is 9.63. The summed E-state index contributed by atoms with van der Waals surface area (Å²) in [6.07, 6.45) is 14.1. The minimum absolute atomic E-state index is 0.0569. The Morgan fingerprint density at radius 3 is 2.85 bits per heavy atom. The molecule has 0 spiro atoms. The average molecular weight is 266 g/mol. The molecule has 3 rings (SSSR count). The van der Waals surface area contributed by atoms with Crippen molar-refractivity contribution in [2.45, 2.75) is 32.1 Å². The standard InChI is InChI=1S/C19H22O/c1-2-19(13-14-20,16-8-4-5-9-16)18-12-11-15-7-3-6-10-17(15)18/h3-8,10-12,18,20H,2,9,13-14H2,1H3. The number of benzene rings is 1. The van der Waals surface area contributed by atoms with Crippen LogP contribution in [-0.2, 0) is 0 Å². The first kappa shape index (κ1) is 13.4. The predicted octanol–water partition coefficient (Wildman–Crippen LogP) is 4.46. The monoisotopic (exact) mass is 266 g/mol. The number of aliphatic hydroxyl groups is 1. The number of fused-ring (bicyclic) bond motifs is 1. The maximum absolute atomic E-state index is 9.63. The van der Waals surface area contributed by atoms with Crippen LogP contribution in [0.15, 0.2) is 54.1 Å². The molecule has 0 fully saturated rings. The fraction of sp³-hybridized carbons (Fsp3) is 0.368. The van der Waals surface area contributed by atoms with Crippen molar-refractivity contribution in [3.05, 3.63) is 65.3 Å². The summed E-state index contributed by atoms with van der Waals surface area (Å²) >= 11 is 0. The molecule has 0 heterocycles. The molecule has 1 aromatic carbocycles. The van der Waals surface area contributed by atoms with Gasteiger partial charge in [-0.2, -0.15) is 0 Å². The van der Waals surface area contributed by atoms with Gasteiger partial charge in [0.05, 0.1) is 0 Å². The van der Waals surface area contributed by atoms with Crippen LogP contribution in [0, 0.1) is 5.41 Å². The third-order valence-corrected chi connectivity index (χ3v) is 4.99. The van der Waals surface area contributed by atoms with Crippen LogP contribution in [0.1, 0.15) is 43.2 Å². The molecule has 1 nitrogen and oxygen atoms in total. The van der Waals surface area contributed by atoms with Gasteiger partial charge in [0.25, 0.3) is 0 Å². The van der Waals surface area contributed by atoms with Crippen LogP contribution < -0.4 is 0 Å². The summed E-state index contributed by atoms with van der Waals surface area (Å²) in [5.74, 6) is 0.391. The maximum Gasteiger partial charge on any atom is 0.0439 e. The average Bonchev–Trinajstić information content (AvgIpc) is 3.15. The Bertz CT molecular complexity index is 579. The van der Waals surface area contributed by atoms with Crippen molar-refractivity contribution in [1.82, 2.24) is 0 Å². The van der Waals surface area contributed by atoms with Gasteiger partial charge < -0.3 is 5.11 Å². The molecule has 0 bridgehead atoms. The fourth-order valence-electron chi connectivity index (χ4n) is 3.89. The first-order valence-electron chi connectivity index (χ1n) is 7.56. The van der Waals surface area contributed by atoms with Crippen LogP contribution >= 0.6 is 0 Å². The van der Waals surface area contributed by atoms with E-state index >= 15 is 0 Å². The van der Waals surface area contributed by atoms with E-state index in [1.165, 1.54) is 16.7 Å². The highest BCUT2D eigenvalue weighted by Gasteiger charge is 2.41. The largest absolute Gasteiger partial charge is 0.396 e. The number of aliphatic hydroxyl groups excluding tert-OH is 1. The molecule has 1 heteroatoms. The Hall–Kier alpha value is -1.60. The summed E-state index contributed by atoms with van der Waals surface area (Å²) in [7, 11) is 0. The zero-order valence-corrected chi connectivity index (χ0v) is 12.0. The second-order valence-corrected chi connectivity index (χ2v) is 5.77. The minimum Gasteiger partial charge on any atom is -0.396 e. The Balaban J connectivity index is 2.05. The molecule has 0 aromatic heterocycles. The van der Waals surface area contributed by atoms with Gasteiger partial charge in [-0.3, -0.25) is 0 Å². The first-order valence-corrected chi connectivity index (χ1v) is 7.56. The van der Waals surface area contributed by atoms with Crippen LogP contribution in [0.5, 0.6) is 0 Å². The summed E-state index contributed by atoms with van der Waals surface area (Å²) in [5.41, 5.74) is 4.28. The van der Waals surface area contributed by atoms with E-state index in [1.807, 2.05) is 0 Å². The van der Waals surface area contributed by atoms with Gasteiger partial charge in [-0.1, -0.05) is 67.1 Å². The zero-order chi connectivity index (χ0) is 14.0. The van der Waals surface area contributed by atoms with Gasteiger partial charge in [0.15, 0.2) is 0 Å². The minimum atomic E-state index is 0.0569. The van der Waals surface area contributed by atoms with Gasteiger partial charge in [0.2, 0.25) is 0 Å². The Labute approximate surface area is 121 Å². The SMILES string of the molecule is CCC(CCO)(C1=CC=CC1)C1C=Cc2ccccc21. The highest BCUT2D eigenvalue weighted by Crippen LogP contribution is 2.53. The van der Waals surface area contributed by atoms with E-state index in [2.05, 4.69) is 61.6 Å². The van der Waals surface area contributed by atoms with Gasteiger partial charge >= 0.3 is 0 Å². The lowest BCUT2D eigenvalue weighted by Gasteiger charge is -2.40. The summed E-state index contributed by atoms with van der Waals surface area (Å²) in [4.78, 5) is 0. The van der Waals surface area contributed by atoms with Crippen molar-refractivity contribution in [3.8, 4) is 0 Å². The fourth-order valence-corrected chi connectivity index (χ4v) is 3.89. The van der Waals surface area contributed by atoms with Crippen molar-refractivity contribution < 1.29 is 5.11 Å². The first-order chi connectivity index (χ1) is 9.81. The molecular formula is C19H22O. The number of hydrogen-bond acceptors (Lipinski definition) is 1. The summed E-state index contributed by atoms with van der Waals surface area (Å²) in [5, 5.41) is 9.63. The van der Waals surface area contributed by atoms with Gasteiger partial charge in [0.1, 0.15) is 0 Å². The Morgan fingerprint density at radius 2 is 2.15 bits per heavy atom. The third kappa shape index (κ3) is 1.97. The van der Waals surface area contributed by atoms with Crippen molar-refractivity contribution in [2.24, 2.45) is 5.41 Å². The Morgan fingerprint density at radius 1 is 1.30 bits per heavy atom. The van der Waals surface area contributed by atoms with Crippen molar-refractivity contribution in [3.63, 3.8) is 0 Å². The summed E-state index contributed by atoms with van der Waals surface area (Å²) < 4.78 is 0. The van der Waals surface area contributed by atoms with Gasteiger partial charge in [0, 0.05) is 17.9 Å². The van der Waals surface area contributed by atoms with Crippen LogP contribution in [0.2, 0.25) is 0 Å². The van der Waals surface area contributed by atoms with Crippen LogP contribution in [-0.4, -0.2) is 11.7 Å². The Kier molecular flexibility index (Phi) is 3.62. The van der Waals surface area contributed by atoms with Crippen LogP contribution in [0.4, 0.5) is 0 Å². The molecule has 0 saturated heterocycles. The van der Waals surface area contributed by atoms with E-state index in [4.69, 9.17) is 0 Å². The lowest BCUT2D eigenvalue weighted by Crippen LogP contribution is -2.30.